The molecule has 1 aliphatic carbocycles. The molecule has 5 rings (SSSR count). The van der Waals surface area contributed by atoms with Crippen LogP contribution in [0.2, 0.25) is 0 Å². The average molecular weight is 491 g/mol. The van der Waals surface area contributed by atoms with Crippen LogP contribution in [0.4, 0.5) is 0 Å². The van der Waals surface area contributed by atoms with Crippen molar-refractivity contribution in [3.05, 3.63) is 59.7 Å². The molecule has 194 valence electrons. The van der Waals surface area contributed by atoms with Crippen molar-refractivity contribution in [1.29, 1.82) is 0 Å². The second-order valence-corrected chi connectivity index (χ2v) is 11.2. The van der Waals surface area contributed by atoms with E-state index in [9.17, 15) is 4.79 Å². The summed E-state index contributed by atoms with van der Waals surface area (Å²) < 4.78 is 11.7. The number of carbonyl (C=O) groups is 1. The van der Waals surface area contributed by atoms with Gasteiger partial charge in [0.2, 0.25) is 5.91 Å². The minimum absolute atomic E-state index is 0.265. The Bertz CT molecular complexity index is 993. The van der Waals surface area contributed by atoms with Crippen LogP contribution >= 0.6 is 0 Å². The third-order valence-electron chi connectivity index (χ3n) is 8.76. The van der Waals surface area contributed by atoms with Gasteiger partial charge in [0.05, 0.1) is 7.11 Å². The van der Waals surface area contributed by atoms with Gasteiger partial charge in [-0.15, -0.1) is 0 Å². The second-order valence-electron chi connectivity index (χ2n) is 11.2. The largest absolute Gasteiger partial charge is 0.497 e. The summed E-state index contributed by atoms with van der Waals surface area (Å²) in [5, 5.41) is 0. The first-order chi connectivity index (χ1) is 17.6. The van der Waals surface area contributed by atoms with Crippen LogP contribution in [0, 0.1) is 11.3 Å². The molecule has 2 fully saturated rings. The van der Waals surface area contributed by atoms with Crippen molar-refractivity contribution < 1.29 is 14.3 Å². The van der Waals surface area contributed by atoms with Gasteiger partial charge in [0.1, 0.15) is 18.1 Å². The molecular weight excluding hydrogens is 448 g/mol. The highest BCUT2D eigenvalue weighted by molar-refractivity contribution is 5.79. The van der Waals surface area contributed by atoms with Gasteiger partial charge in [-0.25, -0.2) is 0 Å². The number of methoxy groups -OCH3 is 1. The van der Waals surface area contributed by atoms with E-state index in [0.717, 1.165) is 76.3 Å². The van der Waals surface area contributed by atoms with E-state index in [4.69, 9.17) is 9.47 Å². The lowest BCUT2D eigenvalue weighted by Gasteiger charge is -2.46. The predicted octanol–water partition coefficient (Wildman–Crippen LogP) is 5.71. The quantitative estimate of drug-likeness (QED) is 0.550. The molecule has 2 aromatic carbocycles. The van der Waals surface area contributed by atoms with Gasteiger partial charge in [0.15, 0.2) is 0 Å². The summed E-state index contributed by atoms with van der Waals surface area (Å²) in [6.07, 6.45) is 10.4. The van der Waals surface area contributed by atoms with Gasteiger partial charge in [-0.3, -0.25) is 9.69 Å². The first-order valence-corrected chi connectivity index (χ1v) is 14.0. The molecule has 1 saturated heterocycles. The summed E-state index contributed by atoms with van der Waals surface area (Å²) in [5.41, 5.74) is 2.90. The van der Waals surface area contributed by atoms with Gasteiger partial charge in [-0.1, -0.05) is 43.2 Å². The van der Waals surface area contributed by atoms with Crippen molar-refractivity contribution in [2.45, 2.75) is 64.3 Å². The van der Waals surface area contributed by atoms with Crippen molar-refractivity contribution in [2.24, 2.45) is 11.3 Å². The molecule has 0 radical (unpaired) electrons. The number of carbonyl (C=O) groups excluding carboxylic acids is 1. The number of nitrogens with zero attached hydrogens (tertiary/aromatic N) is 2. The fraction of sp³-hybridized carbons (Fsp3) is 0.581. The van der Waals surface area contributed by atoms with E-state index in [-0.39, 0.29) is 5.41 Å². The van der Waals surface area contributed by atoms with Crippen LogP contribution in [0.5, 0.6) is 11.5 Å². The number of hydrogen-bond acceptors (Lipinski definition) is 4. The highest BCUT2D eigenvalue weighted by atomic mass is 16.5. The lowest BCUT2D eigenvalue weighted by molar-refractivity contribution is -0.141. The van der Waals surface area contributed by atoms with Crippen molar-refractivity contribution in [1.82, 2.24) is 9.80 Å². The van der Waals surface area contributed by atoms with Crippen molar-refractivity contribution in [3.8, 4) is 11.5 Å². The zero-order chi connectivity index (χ0) is 24.8. The van der Waals surface area contributed by atoms with Crippen LogP contribution < -0.4 is 9.47 Å². The summed E-state index contributed by atoms with van der Waals surface area (Å²) in [4.78, 5) is 17.7. The number of likely N-dealkylation sites (tertiary alicyclic amines) is 1. The number of para-hydroxylation sites is 1. The maximum Gasteiger partial charge on any atom is 0.225 e. The Kier molecular flexibility index (Phi) is 8.15. The van der Waals surface area contributed by atoms with E-state index < -0.39 is 0 Å². The molecule has 1 amide bonds. The normalized spacial score (nSPS) is 21.4. The van der Waals surface area contributed by atoms with Gasteiger partial charge in [-0.2, -0.15) is 0 Å². The molecule has 0 unspecified atom stereocenters. The van der Waals surface area contributed by atoms with Crippen molar-refractivity contribution in [2.75, 3.05) is 39.9 Å². The van der Waals surface area contributed by atoms with Crippen LogP contribution in [0.3, 0.4) is 0 Å². The maximum absolute atomic E-state index is 12.9. The molecule has 3 aliphatic rings. The third kappa shape index (κ3) is 6.05. The van der Waals surface area contributed by atoms with E-state index in [1.807, 2.05) is 0 Å². The van der Waals surface area contributed by atoms with Gasteiger partial charge < -0.3 is 14.4 Å². The molecule has 36 heavy (non-hydrogen) atoms. The van der Waals surface area contributed by atoms with Gasteiger partial charge in [0, 0.05) is 38.6 Å². The average Bonchev–Trinajstić information content (AvgIpc) is 2.86. The monoisotopic (exact) mass is 490 g/mol. The highest BCUT2D eigenvalue weighted by Crippen LogP contribution is 2.40. The van der Waals surface area contributed by atoms with Gasteiger partial charge in [0.25, 0.3) is 0 Å². The van der Waals surface area contributed by atoms with Crippen LogP contribution in [-0.2, 0) is 17.8 Å². The summed E-state index contributed by atoms with van der Waals surface area (Å²) in [7, 11) is 1.71. The zero-order valence-corrected chi connectivity index (χ0v) is 21.9. The number of fused-ring (bicyclic) bond motifs is 1. The number of amides is 1. The second kappa shape index (κ2) is 11.7. The Morgan fingerprint density at radius 2 is 1.75 bits per heavy atom. The molecule has 5 nitrogen and oxygen atoms in total. The molecular formula is C31H42N2O3. The molecule has 0 atom stereocenters. The Balaban J connectivity index is 1.32. The zero-order valence-electron chi connectivity index (χ0n) is 21.9. The van der Waals surface area contributed by atoms with Gasteiger partial charge >= 0.3 is 0 Å². The molecule has 0 bridgehead atoms. The van der Waals surface area contributed by atoms with Crippen LogP contribution in [0.15, 0.2) is 48.5 Å². The Hall–Kier alpha value is -2.53. The minimum atomic E-state index is 0.265. The fourth-order valence-electron chi connectivity index (χ4n) is 6.23. The number of piperidine rings is 1. The van der Waals surface area contributed by atoms with Crippen LogP contribution in [0.25, 0.3) is 0 Å². The Labute approximate surface area is 216 Å². The van der Waals surface area contributed by atoms with Crippen LogP contribution in [0.1, 0.15) is 62.5 Å². The topological polar surface area (TPSA) is 42.0 Å². The fourth-order valence-corrected chi connectivity index (χ4v) is 6.23. The number of rotatable bonds is 4. The minimum Gasteiger partial charge on any atom is -0.497 e. The number of aryl methyl sites for hydroxylation is 1. The molecule has 5 heteroatoms. The van der Waals surface area contributed by atoms with E-state index in [1.165, 1.54) is 36.8 Å². The number of benzene rings is 2. The first-order valence-electron chi connectivity index (χ1n) is 14.0. The lowest BCUT2D eigenvalue weighted by atomic mass is 9.73. The lowest BCUT2D eigenvalue weighted by Crippen LogP contribution is -2.50. The Morgan fingerprint density at radius 1 is 0.972 bits per heavy atom. The highest BCUT2D eigenvalue weighted by Gasteiger charge is 2.39. The Morgan fingerprint density at radius 3 is 2.47 bits per heavy atom. The van der Waals surface area contributed by atoms with E-state index in [0.29, 0.717) is 18.4 Å². The summed E-state index contributed by atoms with van der Waals surface area (Å²) >= 11 is 0. The van der Waals surface area contributed by atoms with Crippen molar-refractivity contribution in [3.63, 3.8) is 0 Å². The standard InChI is InChI=1S/C31H42N2O3/c1-35-28-14-12-25(13-15-28)23-32-21-22-36-29-11-3-2-7-26(29)8-4-5-16-31(24-32)17-19-33(20-18-31)30(34)27-9-6-10-27/h2-3,7,11-15,27H,4-6,8-10,16-24H2,1H3. The molecule has 1 saturated carbocycles. The summed E-state index contributed by atoms with van der Waals surface area (Å²) in [6, 6.07) is 17.0. The smallest absolute Gasteiger partial charge is 0.225 e. The molecule has 2 heterocycles. The van der Waals surface area contributed by atoms with E-state index in [1.54, 1.807) is 7.11 Å². The SMILES string of the molecule is COc1ccc(CN2CCOc3ccccc3CCCCC3(CCN(C(=O)C4CCC4)CC3)C2)cc1. The third-order valence-corrected chi connectivity index (χ3v) is 8.76. The maximum atomic E-state index is 12.9. The van der Waals surface area contributed by atoms with E-state index >= 15 is 0 Å². The van der Waals surface area contributed by atoms with Crippen molar-refractivity contribution >= 4 is 5.91 Å². The molecule has 0 aromatic heterocycles. The molecule has 0 N–H and O–H groups in total. The molecule has 2 aromatic rings. The molecule has 1 spiro atoms. The predicted molar refractivity (Wildman–Crippen MR) is 143 cm³/mol. The number of ether oxygens (including phenoxy) is 2. The van der Waals surface area contributed by atoms with E-state index in [2.05, 4.69) is 58.3 Å². The first kappa shape index (κ1) is 25.1. The van der Waals surface area contributed by atoms with Gasteiger partial charge in [-0.05, 0) is 79.7 Å². The number of hydrogen-bond donors (Lipinski definition) is 0. The molecule has 2 aliphatic heterocycles. The van der Waals surface area contributed by atoms with Crippen LogP contribution in [-0.4, -0.2) is 55.6 Å². The summed E-state index contributed by atoms with van der Waals surface area (Å²) in [5.74, 6) is 2.66. The summed E-state index contributed by atoms with van der Waals surface area (Å²) in [6.45, 7) is 5.40.